The number of ether oxygens (including phenoxy) is 1. The Morgan fingerprint density at radius 1 is 1.40 bits per heavy atom. The van der Waals surface area contributed by atoms with Gasteiger partial charge in [-0.15, -0.1) is 0 Å². The van der Waals surface area contributed by atoms with E-state index in [0.717, 1.165) is 30.6 Å². The first-order chi connectivity index (χ1) is 12.1. The highest BCUT2D eigenvalue weighted by Gasteiger charge is 2.29. The maximum Gasteiger partial charge on any atom is 0.254 e. The van der Waals surface area contributed by atoms with Crippen molar-refractivity contribution in [1.82, 2.24) is 14.9 Å². The van der Waals surface area contributed by atoms with E-state index in [4.69, 9.17) is 10.5 Å². The summed E-state index contributed by atoms with van der Waals surface area (Å²) >= 11 is 1.44. The van der Waals surface area contributed by atoms with Crippen LogP contribution in [-0.2, 0) is 4.74 Å². The lowest BCUT2D eigenvalue weighted by Crippen LogP contribution is -2.38. The molecule has 1 aliphatic heterocycles. The van der Waals surface area contributed by atoms with Gasteiger partial charge in [-0.3, -0.25) is 4.79 Å². The van der Waals surface area contributed by atoms with Gasteiger partial charge in [0.2, 0.25) is 0 Å². The molecule has 1 aliphatic rings. The average Bonchev–Trinajstić information content (AvgIpc) is 3.09. The fraction of sp³-hybridized carbons (Fsp3) is 0.389. The molecule has 1 fully saturated rings. The van der Waals surface area contributed by atoms with Crippen LogP contribution in [0.25, 0.3) is 11.3 Å². The second-order valence-corrected chi connectivity index (χ2v) is 6.77. The number of nitrogens with zero attached hydrogens (tertiary/aromatic N) is 3. The minimum absolute atomic E-state index is 0.0357. The summed E-state index contributed by atoms with van der Waals surface area (Å²) in [4.78, 5) is 23.5. The van der Waals surface area contributed by atoms with Crippen molar-refractivity contribution >= 4 is 23.5 Å². The van der Waals surface area contributed by atoms with Gasteiger partial charge in [0.25, 0.3) is 5.91 Å². The van der Waals surface area contributed by atoms with E-state index in [2.05, 4.69) is 9.97 Å². The third-order valence-corrected chi connectivity index (χ3v) is 4.86. The Morgan fingerprint density at radius 2 is 2.24 bits per heavy atom. The minimum Gasteiger partial charge on any atom is -0.384 e. The highest BCUT2D eigenvalue weighted by atomic mass is 32.2. The molecule has 132 valence electrons. The van der Waals surface area contributed by atoms with Crippen molar-refractivity contribution in [3.63, 3.8) is 0 Å². The number of amides is 1. The number of nitrogens with two attached hydrogens (primary N) is 1. The van der Waals surface area contributed by atoms with Crippen LogP contribution >= 0.6 is 11.8 Å². The van der Waals surface area contributed by atoms with Crippen molar-refractivity contribution in [2.24, 2.45) is 0 Å². The van der Waals surface area contributed by atoms with Crippen LogP contribution in [0.15, 0.2) is 35.5 Å². The van der Waals surface area contributed by atoms with Crippen LogP contribution < -0.4 is 5.73 Å². The van der Waals surface area contributed by atoms with Gasteiger partial charge in [-0.25, -0.2) is 9.97 Å². The van der Waals surface area contributed by atoms with Crippen molar-refractivity contribution in [2.45, 2.75) is 24.0 Å². The Balaban J connectivity index is 1.89. The number of rotatable bonds is 5. The zero-order valence-electron chi connectivity index (χ0n) is 14.4. The molecule has 0 unspecified atom stereocenters. The number of anilines is 1. The number of thioether (sulfide) groups is 1. The zero-order chi connectivity index (χ0) is 17.8. The van der Waals surface area contributed by atoms with Gasteiger partial charge < -0.3 is 15.4 Å². The quantitative estimate of drug-likeness (QED) is 0.654. The monoisotopic (exact) mass is 358 g/mol. The maximum absolute atomic E-state index is 12.9. The molecule has 0 spiro atoms. The van der Waals surface area contributed by atoms with Gasteiger partial charge in [0, 0.05) is 30.8 Å². The number of aromatic nitrogens is 2. The predicted octanol–water partition coefficient (Wildman–Crippen LogP) is 2.70. The molecule has 7 heteroatoms. The number of carbonyl (C=O) groups excluding carboxylic acids is 1. The van der Waals surface area contributed by atoms with Gasteiger partial charge >= 0.3 is 0 Å². The first-order valence-electron chi connectivity index (χ1n) is 8.21. The second kappa shape index (κ2) is 7.84. The van der Waals surface area contributed by atoms with Gasteiger partial charge in [-0.2, -0.15) is 0 Å². The van der Waals surface area contributed by atoms with Gasteiger partial charge in [0.05, 0.1) is 18.3 Å². The lowest BCUT2D eigenvalue weighted by atomic mass is 10.1. The summed E-state index contributed by atoms with van der Waals surface area (Å²) in [5, 5.41) is 0.617. The van der Waals surface area contributed by atoms with E-state index in [1.165, 1.54) is 11.8 Å². The summed E-state index contributed by atoms with van der Waals surface area (Å²) in [5.74, 6) is 0.458. The molecule has 1 saturated heterocycles. The van der Waals surface area contributed by atoms with Crippen molar-refractivity contribution < 1.29 is 9.53 Å². The minimum atomic E-state index is 0.0357. The number of likely N-dealkylation sites (tertiary alicyclic amines) is 1. The molecule has 25 heavy (non-hydrogen) atoms. The zero-order valence-corrected chi connectivity index (χ0v) is 15.3. The second-order valence-electron chi connectivity index (χ2n) is 6.00. The molecule has 0 aliphatic carbocycles. The Morgan fingerprint density at radius 3 is 3.00 bits per heavy atom. The van der Waals surface area contributed by atoms with Crippen LogP contribution in [-0.4, -0.2) is 53.3 Å². The number of carbonyl (C=O) groups is 1. The largest absolute Gasteiger partial charge is 0.384 e. The van der Waals surface area contributed by atoms with E-state index in [-0.39, 0.29) is 11.9 Å². The van der Waals surface area contributed by atoms with Crippen LogP contribution in [0.1, 0.15) is 23.2 Å². The highest BCUT2D eigenvalue weighted by molar-refractivity contribution is 7.98. The topological polar surface area (TPSA) is 81.3 Å². The molecule has 2 N–H and O–H groups in total. The van der Waals surface area contributed by atoms with Crippen LogP contribution in [0.2, 0.25) is 0 Å². The molecule has 2 aromatic rings. The maximum atomic E-state index is 12.9. The van der Waals surface area contributed by atoms with Gasteiger partial charge in [0.1, 0.15) is 5.82 Å². The Labute approximate surface area is 151 Å². The molecule has 0 bridgehead atoms. The summed E-state index contributed by atoms with van der Waals surface area (Å²) in [7, 11) is 1.67. The van der Waals surface area contributed by atoms with Crippen LogP contribution in [0.5, 0.6) is 0 Å². The molecule has 1 aromatic heterocycles. The lowest BCUT2D eigenvalue weighted by Gasteiger charge is -2.24. The van der Waals surface area contributed by atoms with Crippen molar-refractivity contribution in [3.05, 3.63) is 35.9 Å². The normalized spacial score (nSPS) is 17.0. The third-order valence-electron chi connectivity index (χ3n) is 4.31. The molecule has 1 atom stereocenters. The molecule has 1 amide bonds. The first kappa shape index (κ1) is 17.7. The first-order valence-corrected chi connectivity index (χ1v) is 9.43. The van der Waals surface area contributed by atoms with E-state index in [1.807, 2.05) is 35.4 Å². The van der Waals surface area contributed by atoms with Crippen LogP contribution in [0, 0.1) is 0 Å². The molecule has 2 heterocycles. The number of methoxy groups -OCH3 is 1. The van der Waals surface area contributed by atoms with Gasteiger partial charge in [-0.05, 0) is 31.2 Å². The van der Waals surface area contributed by atoms with E-state index < -0.39 is 0 Å². The molecular weight excluding hydrogens is 336 g/mol. The Bertz CT molecular complexity index is 768. The van der Waals surface area contributed by atoms with Crippen molar-refractivity contribution in [2.75, 3.05) is 32.3 Å². The molecule has 6 nitrogen and oxygen atoms in total. The number of hydrogen-bond donors (Lipinski definition) is 1. The smallest absolute Gasteiger partial charge is 0.254 e. The molecule has 3 rings (SSSR count). The fourth-order valence-electron chi connectivity index (χ4n) is 3.13. The van der Waals surface area contributed by atoms with Gasteiger partial charge in [0.15, 0.2) is 5.16 Å². The average molecular weight is 358 g/mol. The fourth-order valence-corrected chi connectivity index (χ4v) is 3.51. The summed E-state index contributed by atoms with van der Waals surface area (Å²) in [6, 6.07) is 9.40. The molecule has 0 saturated carbocycles. The molecular formula is C18H22N4O2S. The predicted molar refractivity (Wildman–Crippen MR) is 99.6 cm³/mol. The summed E-state index contributed by atoms with van der Waals surface area (Å²) < 4.78 is 5.25. The summed E-state index contributed by atoms with van der Waals surface area (Å²) in [6.07, 6.45) is 3.90. The number of hydrogen-bond acceptors (Lipinski definition) is 6. The summed E-state index contributed by atoms with van der Waals surface area (Å²) in [5.41, 5.74) is 8.11. The summed E-state index contributed by atoms with van der Waals surface area (Å²) in [6.45, 7) is 1.35. The molecule has 1 aromatic carbocycles. The van der Waals surface area contributed by atoms with Crippen LogP contribution in [0.4, 0.5) is 5.82 Å². The van der Waals surface area contributed by atoms with E-state index in [1.54, 1.807) is 13.2 Å². The SMILES string of the molecule is COC[C@@H]1CCCN1C(=O)c1cccc(-c2cc(N)nc(SC)n2)c1. The van der Waals surface area contributed by atoms with Crippen molar-refractivity contribution in [1.29, 1.82) is 0 Å². The Hall–Kier alpha value is -2.12. The van der Waals surface area contributed by atoms with E-state index in [9.17, 15) is 4.79 Å². The van der Waals surface area contributed by atoms with E-state index >= 15 is 0 Å². The van der Waals surface area contributed by atoms with Crippen LogP contribution in [0.3, 0.4) is 0 Å². The van der Waals surface area contributed by atoms with Gasteiger partial charge in [-0.1, -0.05) is 23.9 Å². The van der Waals surface area contributed by atoms with Crippen molar-refractivity contribution in [3.8, 4) is 11.3 Å². The molecule has 0 radical (unpaired) electrons. The number of benzene rings is 1. The van der Waals surface area contributed by atoms with E-state index in [0.29, 0.717) is 23.1 Å². The Kier molecular flexibility index (Phi) is 5.55. The standard InChI is InChI=1S/C18H22N4O2S/c1-24-11-14-7-4-8-22(14)17(23)13-6-3-5-12(9-13)15-10-16(19)21-18(20-15)25-2/h3,5-6,9-10,14H,4,7-8,11H2,1-2H3,(H2,19,20,21)/t14-/m0/s1. The number of nitrogen functional groups attached to an aromatic ring is 1. The highest BCUT2D eigenvalue weighted by Crippen LogP contribution is 2.25. The lowest BCUT2D eigenvalue weighted by molar-refractivity contribution is 0.0630. The third kappa shape index (κ3) is 3.93.